The van der Waals surface area contributed by atoms with Crippen LogP contribution in [0.5, 0.6) is 0 Å². The summed E-state index contributed by atoms with van der Waals surface area (Å²) in [5.41, 5.74) is 0. The lowest BCUT2D eigenvalue weighted by Gasteiger charge is -2.26. The maximum atomic E-state index is 12.9. The van der Waals surface area contributed by atoms with E-state index in [9.17, 15) is 19.5 Å². The lowest BCUT2D eigenvalue weighted by atomic mass is 10.0. The van der Waals surface area contributed by atoms with Crippen molar-refractivity contribution >= 4 is 17.9 Å². The van der Waals surface area contributed by atoms with Gasteiger partial charge in [-0.3, -0.25) is 9.59 Å². The van der Waals surface area contributed by atoms with E-state index in [1.54, 1.807) is 0 Å². The zero-order valence-electron chi connectivity index (χ0n) is 49.9. The molecule has 0 bridgehead atoms. The lowest BCUT2D eigenvalue weighted by Crippen LogP contribution is -2.44. The Bertz CT molecular complexity index is 1370. The van der Waals surface area contributed by atoms with Gasteiger partial charge in [0.25, 0.3) is 0 Å². The Kier molecular flexibility index (Phi) is 55.3. The Morgan fingerprint density at radius 1 is 0.400 bits per heavy atom. The van der Waals surface area contributed by atoms with Gasteiger partial charge < -0.3 is 33.3 Å². The molecule has 0 amide bonds. The molecule has 0 aromatic rings. The number of carbonyl (C=O) groups excluding carboxylic acids is 3. The fourth-order valence-corrected chi connectivity index (χ4v) is 9.13. The van der Waals surface area contributed by atoms with Crippen molar-refractivity contribution < 1.29 is 42.9 Å². The van der Waals surface area contributed by atoms with Crippen molar-refractivity contribution in [2.24, 2.45) is 0 Å². The van der Waals surface area contributed by atoms with Gasteiger partial charge in [-0.1, -0.05) is 255 Å². The molecule has 9 heteroatoms. The summed E-state index contributed by atoms with van der Waals surface area (Å²) in [5, 5.41) is 11.8. The van der Waals surface area contributed by atoms with E-state index >= 15 is 0 Å². The predicted octanol–water partition coefficient (Wildman–Crippen LogP) is 17.7. The summed E-state index contributed by atoms with van der Waals surface area (Å²) in [6.07, 6.45) is 68.8. The second kappa shape index (κ2) is 57.4. The number of carboxylic acid groups (broad SMARTS) is 1. The summed E-state index contributed by atoms with van der Waals surface area (Å²) in [6, 6.07) is 0. The van der Waals surface area contributed by atoms with Gasteiger partial charge in [0.2, 0.25) is 0 Å². The van der Waals surface area contributed by atoms with Gasteiger partial charge >= 0.3 is 11.9 Å². The summed E-state index contributed by atoms with van der Waals surface area (Å²) in [7, 11) is 5.93. The smallest absolute Gasteiger partial charge is 0.306 e. The average Bonchev–Trinajstić information content (AvgIpc) is 3.38. The normalized spacial score (nSPS) is 13.0. The second-order valence-electron chi connectivity index (χ2n) is 22.7. The molecule has 0 saturated heterocycles. The SMILES string of the molecule is CCCCCCC/C=C\C/C=C\CCCCCCCCCCCCCCCCCCCC(=O)OC(COC(=O)CCCCCCCCCCC/C=C\C/C=C\CCCCCCC)COC(OCC[N+](C)(C)C)C(=O)[O-]. The molecule has 0 N–H and O–H groups in total. The maximum Gasteiger partial charge on any atom is 0.306 e. The van der Waals surface area contributed by atoms with Crippen molar-refractivity contribution in [1.29, 1.82) is 0 Å². The van der Waals surface area contributed by atoms with Gasteiger partial charge in [-0.25, -0.2) is 0 Å². The van der Waals surface area contributed by atoms with Crippen LogP contribution in [0.4, 0.5) is 0 Å². The monoisotopic (exact) mass is 1060 g/mol. The van der Waals surface area contributed by atoms with Gasteiger partial charge in [-0.05, 0) is 77.0 Å². The first kappa shape index (κ1) is 72.2. The van der Waals surface area contributed by atoms with Crippen LogP contribution in [0, 0.1) is 0 Å². The minimum Gasteiger partial charge on any atom is -0.545 e. The largest absolute Gasteiger partial charge is 0.545 e. The highest BCUT2D eigenvalue weighted by Crippen LogP contribution is 2.17. The third-order valence-corrected chi connectivity index (χ3v) is 14.0. The fraction of sp³-hybridized carbons (Fsp3) is 0.833. The number of unbranched alkanes of at least 4 members (excludes halogenated alkanes) is 36. The number of hydrogen-bond acceptors (Lipinski definition) is 8. The Balaban J connectivity index is 4.15. The number of hydrogen-bond donors (Lipinski definition) is 0. The van der Waals surface area contributed by atoms with E-state index in [4.69, 9.17) is 18.9 Å². The molecule has 0 radical (unpaired) electrons. The van der Waals surface area contributed by atoms with Crippen LogP contribution < -0.4 is 5.11 Å². The summed E-state index contributed by atoms with van der Waals surface area (Å²) in [6.45, 7) is 4.76. The van der Waals surface area contributed by atoms with Crippen LogP contribution in [0.15, 0.2) is 48.6 Å². The highest BCUT2D eigenvalue weighted by molar-refractivity contribution is 5.70. The van der Waals surface area contributed by atoms with E-state index in [-0.39, 0.29) is 38.6 Å². The first-order chi connectivity index (χ1) is 36.6. The Hall–Kier alpha value is -2.75. The molecule has 2 atom stereocenters. The first-order valence-corrected chi connectivity index (χ1v) is 31.8. The number of esters is 2. The standard InChI is InChI=1S/C66H121NO8/c1-6-8-10-12-14-16-18-20-22-24-26-28-29-30-31-32-33-34-35-37-39-41-43-45-47-49-51-53-55-57-64(69)75-62(61-74-66(65(70)71)72-59-58-67(3,4)5)60-73-63(68)56-54-52-50-48-46-44-42-40-38-36-27-25-23-21-19-17-15-13-11-9-7-2/h18-21,24-27,62,66H,6-17,22-23,28-61H2,1-5H3/b20-18-,21-19-,26-24-,27-25-. The van der Waals surface area contributed by atoms with Crippen molar-refractivity contribution in [1.82, 2.24) is 0 Å². The molecule has 0 spiro atoms. The van der Waals surface area contributed by atoms with E-state index in [0.29, 0.717) is 17.4 Å². The van der Waals surface area contributed by atoms with Gasteiger partial charge in [0.15, 0.2) is 12.4 Å². The number of likely N-dealkylation sites (N-methyl/N-ethyl adjacent to an activating group) is 1. The number of carbonyl (C=O) groups is 3. The second-order valence-corrected chi connectivity index (χ2v) is 22.7. The predicted molar refractivity (Wildman–Crippen MR) is 315 cm³/mol. The molecular weight excluding hydrogens is 935 g/mol. The van der Waals surface area contributed by atoms with Gasteiger partial charge in [-0.2, -0.15) is 0 Å². The molecule has 0 aliphatic carbocycles. The highest BCUT2D eigenvalue weighted by Gasteiger charge is 2.22. The molecule has 0 aliphatic rings. The van der Waals surface area contributed by atoms with Gasteiger partial charge in [0.1, 0.15) is 13.2 Å². The molecule has 0 fully saturated rings. The van der Waals surface area contributed by atoms with Crippen molar-refractivity contribution in [3.8, 4) is 0 Å². The van der Waals surface area contributed by atoms with Crippen LogP contribution >= 0.6 is 0 Å². The van der Waals surface area contributed by atoms with E-state index in [2.05, 4.69) is 62.5 Å². The number of quaternary nitrogens is 1. The topological polar surface area (TPSA) is 111 Å². The third kappa shape index (κ3) is 58.8. The maximum absolute atomic E-state index is 12.9. The molecule has 0 heterocycles. The third-order valence-electron chi connectivity index (χ3n) is 14.0. The quantitative estimate of drug-likeness (QED) is 0.0195. The number of rotatable bonds is 59. The zero-order chi connectivity index (χ0) is 54.8. The van der Waals surface area contributed by atoms with Crippen LogP contribution in [-0.2, 0) is 33.3 Å². The molecule has 0 aromatic carbocycles. The first-order valence-electron chi connectivity index (χ1n) is 31.8. The van der Waals surface area contributed by atoms with Gasteiger partial charge in [0, 0.05) is 12.8 Å². The molecule has 0 aliphatic heterocycles. The summed E-state index contributed by atoms with van der Waals surface area (Å²) >= 11 is 0. The highest BCUT2D eigenvalue weighted by atomic mass is 16.7. The van der Waals surface area contributed by atoms with Crippen LogP contribution in [0.2, 0.25) is 0 Å². The van der Waals surface area contributed by atoms with Gasteiger partial charge in [0.05, 0.1) is 40.3 Å². The van der Waals surface area contributed by atoms with Crippen molar-refractivity contribution in [3.05, 3.63) is 48.6 Å². The lowest BCUT2D eigenvalue weighted by molar-refractivity contribution is -0.870. The van der Waals surface area contributed by atoms with E-state index in [1.807, 2.05) is 21.1 Å². The minimum atomic E-state index is -1.62. The average molecular weight is 1060 g/mol. The van der Waals surface area contributed by atoms with E-state index in [0.717, 1.165) is 44.9 Å². The number of nitrogens with zero attached hydrogens (tertiary/aromatic N) is 1. The van der Waals surface area contributed by atoms with Crippen LogP contribution in [0.3, 0.4) is 0 Å². The Morgan fingerprint density at radius 3 is 1.05 bits per heavy atom. The Morgan fingerprint density at radius 2 is 0.720 bits per heavy atom. The van der Waals surface area contributed by atoms with Crippen LogP contribution in [-0.4, -0.2) is 82.3 Å². The number of carboxylic acids is 1. The molecular formula is C66H121NO8. The Labute approximate surface area is 463 Å². The van der Waals surface area contributed by atoms with Crippen molar-refractivity contribution in [2.75, 3.05) is 47.5 Å². The summed E-state index contributed by atoms with van der Waals surface area (Å²) in [5.74, 6) is -2.27. The number of aliphatic carboxylic acids is 1. The summed E-state index contributed by atoms with van der Waals surface area (Å²) < 4.78 is 22.8. The van der Waals surface area contributed by atoms with Gasteiger partial charge in [-0.15, -0.1) is 0 Å². The van der Waals surface area contributed by atoms with Crippen LogP contribution in [0.1, 0.15) is 296 Å². The summed E-state index contributed by atoms with van der Waals surface area (Å²) in [4.78, 5) is 37.4. The van der Waals surface area contributed by atoms with E-state index < -0.39 is 24.3 Å². The molecule has 75 heavy (non-hydrogen) atoms. The molecule has 9 nitrogen and oxygen atoms in total. The molecule has 438 valence electrons. The zero-order valence-corrected chi connectivity index (χ0v) is 49.9. The van der Waals surface area contributed by atoms with E-state index in [1.165, 1.54) is 218 Å². The number of allylic oxidation sites excluding steroid dienone is 8. The molecule has 0 aromatic heterocycles. The molecule has 2 unspecified atom stereocenters. The van der Waals surface area contributed by atoms with Crippen LogP contribution in [0.25, 0.3) is 0 Å². The van der Waals surface area contributed by atoms with Crippen molar-refractivity contribution in [2.45, 2.75) is 309 Å². The molecule has 0 rings (SSSR count). The number of ether oxygens (including phenoxy) is 4. The fourth-order valence-electron chi connectivity index (χ4n) is 9.13. The minimum absolute atomic E-state index is 0.147. The van der Waals surface area contributed by atoms with Crippen molar-refractivity contribution in [3.63, 3.8) is 0 Å². The molecule has 0 saturated carbocycles.